The van der Waals surface area contributed by atoms with Crippen molar-refractivity contribution in [3.63, 3.8) is 0 Å². The quantitative estimate of drug-likeness (QED) is 0.770. The first kappa shape index (κ1) is 21.3. The lowest BCUT2D eigenvalue weighted by atomic mass is 9.94. The summed E-state index contributed by atoms with van der Waals surface area (Å²) < 4.78 is 0. The molecular weight excluding hydrogens is 366 g/mol. The fourth-order valence-electron chi connectivity index (χ4n) is 3.69. The zero-order valence-corrected chi connectivity index (χ0v) is 17.9. The number of carbonyl (C=O) groups is 3. The summed E-state index contributed by atoms with van der Waals surface area (Å²) >= 11 is 0. The average Bonchev–Trinajstić information content (AvgIpc) is 3.44. The van der Waals surface area contributed by atoms with Crippen LogP contribution < -0.4 is 10.6 Å². The zero-order chi connectivity index (χ0) is 21.1. The lowest BCUT2D eigenvalue weighted by Gasteiger charge is -2.32. The van der Waals surface area contributed by atoms with Crippen molar-refractivity contribution < 1.29 is 14.4 Å². The van der Waals surface area contributed by atoms with Crippen molar-refractivity contribution in [3.8, 4) is 0 Å². The monoisotopic (exact) mass is 399 g/mol. The van der Waals surface area contributed by atoms with E-state index in [4.69, 9.17) is 0 Å². The number of hydrogen-bond donors (Lipinski definition) is 2. The van der Waals surface area contributed by atoms with E-state index in [-0.39, 0.29) is 35.6 Å². The molecule has 29 heavy (non-hydrogen) atoms. The van der Waals surface area contributed by atoms with Crippen LogP contribution in [0.15, 0.2) is 24.3 Å². The second kappa shape index (κ2) is 8.97. The van der Waals surface area contributed by atoms with E-state index in [9.17, 15) is 14.4 Å². The number of rotatable bonds is 6. The third-order valence-corrected chi connectivity index (χ3v) is 6.35. The number of piperidine rings is 1. The minimum Gasteiger partial charge on any atom is -0.353 e. The van der Waals surface area contributed by atoms with Crippen LogP contribution in [-0.2, 0) is 9.59 Å². The van der Waals surface area contributed by atoms with Gasteiger partial charge in [0, 0.05) is 42.2 Å². The molecule has 1 aromatic rings. The number of likely N-dealkylation sites (tertiary alicyclic amines) is 1. The number of nitrogens with one attached hydrogen (secondary N) is 2. The maximum atomic E-state index is 12.9. The van der Waals surface area contributed by atoms with Crippen molar-refractivity contribution >= 4 is 23.4 Å². The molecule has 158 valence electrons. The van der Waals surface area contributed by atoms with Gasteiger partial charge in [0.05, 0.1) is 0 Å². The van der Waals surface area contributed by atoms with Crippen LogP contribution in [0, 0.1) is 23.7 Å². The molecule has 1 aliphatic carbocycles. The Morgan fingerprint density at radius 3 is 2.31 bits per heavy atom. The van der Waals surface area contributed by atoms with Gasteiger partial charge in [-0.3, -0.25) is 14.4 Å². The number of anilines is 1. The molecule has 6 nitrogen and oxygen atoms in total. The lowest BCUT2D eigenvalue weighted by Crippen LogP contribution is -2.45. The first-order valence-electron chi connectivity index (χ1n) is 10.8. The fourth-order valence-corrected chi connectivity index (χ4v) is 3.69. The molecule has 3 unspecified atom stereocenters. The van der Waals surface area contributed by atoms with E-state index in [0.29, 0.717) is 49.0 Å². The first-order chi connectivity index (χ1) is 13.8. The maximum absolute atomic E-state index is 12.9. The Morgan fingerprint density at radius 1 is 1.07 bits per heavy atom. The van der Waals surface area contributed by atoms with Gasteiger partial charge in [-0.2, -0.15) is 0 Å². The van der Waals surface area contributed by atoms with Crippen LogP contribution in [0.4, 0.5) is 5.69 Å². The molecular formula is C23H33N3O3. The summed E-state index contributed by atoms with van der Waals surface area (Å²) in [5.74, 6) is 0.986. The fraction of sp³-hybridized carbons (Fsp3) is 0.609. The second-order valence-corrected chi connectivity index (χ2v) is 9.00. The number of hydrogen-bond acceptors (Lipinski definition) is 3. The topological polar surface area (TPSA) is 78.5 Å². The molecule has 2 aliphatic rings. The Bertz CT molecular complexity index is 768. The molecule has 2 fully saturated rings. The SMILES string of the molecule is CC(C)C(C)NC(=O)C1CCN(C(=O)c2cccc(NC(=O)C3CC3C)c2)CC1. The van der Waals surface area contributed by atoms with E-state index in [0.717, 1.165) is 6.42 Å². The Balaban J connectivity index is 1.53. The smallest absolute Gasteiger partial charge is 0.253 e. The Hall–Kier alpha value is -2.37. The summed E-state index contributed by atoms with van der Waals surface area (Å²) in [6.07, 6.45) is 2.29. The van der Waals surface area contributed by atoms with Crippen LogP contribution in [0.5, 0.6) is 0 Å². The van der Waals surface area contributed by atoms with Crippen LogP contribution in [0.3, 0.4) is 0 Å². The van der Waals surface area contributed by atoms with Gasteiger partial charge in [0.25, 0.3) is 5.91 Å². The van der Waals surface area contributed by atoms with Gasteiger partial charge in [-0.25, -0.2) is 0 Å². The van der Waals surface area contributed by atoms with Crippen molar-refractivity contribution in [3.05, 3.63) is 29.8 Å². The Kier molecular flexibility index (Phi) is 6.60. The van der Waals surface area contributed by atoms with Crippen LogP contribution in [-0.4, -0.2) is 41.8 Å². The van der Waals surface area contributed by atoms with Crippen molar-refractivity contribution in [2.24, 2.45) is 23.7 Å². The van der Waals surface area contributed by atoms with E-state index in [1.54, 1.807) is 23.1 Å². The van der Waals surface area contributed by atoms with Gasteiger partial charge in [0.15, 0.2) is 0 Å². The predicted molar refractivity (Wildman–Crippen MR) is 113 cm³/mol. The normalized spacial score (nSPS) is 22.9. The van der Waals surface area contributed by atoms with Crippen molar-refractivity contribution in [2.45, 2.75) is 53.0 Å². The van der Waals surface area contributed by atoms with E-state index < -0.39 is 0 Å². The molecule has 1 saturated heterocycles. The van der Waals surface area contributed by atoms with Gasteiger partial charge >= 0.3 is 0 Å². The molecule has 2 N–H and O–H groups in total. The molecule has 0 radical (unpaired) electrons. The minimum atomic E-state index is -0.0460. The standard InChI is InChI=1S/C23H33N3O3/c1-14(2)16(4)24-21(27)17-8-10-26(11-9-17)23(29)18-6-5-7-19(13-18)25-22(28)20-12-15(20)3/h5-7,13-17,20H,8-12H2,1-4H3,(H,24,27)(H,25,28). The van der Waals surface area contributed by atoms with Gasteiger partial charge in [0.2, 0.25) is 11.8 Å². The molecule has 0 aromatic heterocycles. The van der Waals surface area contributed by atoms with Crippen molar-refractivity contribution in [2.75, 3.05) is 18.4 Å². The molecule has 1 aromatic carbocycles. The van der Waals surface area contributed by atoms with Crippen molar-refractivity contribution in [1.82, 2.24) is 10.2 Å². The predicted octanol–water partition coefficient (Wildman–Crippen LogP) is 3.29. The van der Waals surface area contributed by atoms with Crippen LogP contribution >= 0.6 is 0 Å². The summed E-state index contributed by atoms with van der Waals surface area (Å²) in [4.78, 5) is 39.3. The highest BCUT2D eigenvalue weighted by Crippen LogP contribution is 2.38. The van der Waals surface area contributed by atoms with E-state index in [2.05, 4.69) is 31.4 Å². The summed E-state index contributed by atoms with van der Waals surface area (Å²) in [7, 11) is 0. The third-order valence-electron chi connectivity index (χ3n) is 6.35. The van der Waals surface area contributed by atoms with E-state index in [1.807, 2.05) is 13.0 Å². The molecule has 1 saturated carbocycles. The Morgan fingerprint density at radius 2 is 1.72 bits per heavy atom. The average molecular weight is 400 g/mol. The molecule has 3 atom stereocenters. The maximum Gasteiger partial charge on any atom is 0.253 e. The summed E-state index contributed by atoms with van der Waals surface area (Å²) in [6.45, 7) is 9.42. The van der Waals surface area contributed by atoms with E-state index >= 15 is 0 Å². The number of benzene rings is 1. The first-order valence-corrected chi connectivity index (χ1v) is 10.8. The molecule has 3 rings (SSSR count). The molecule has 0 bridgehead atoms. The molecule has 3 amide bonds. The summed E-state index contributed by atoms with van der Waals surface area (Å²) in [5.41, 5.74) is 1.24. The van der Waals surface area contributed by atoms with Gasteiger partial charge < -0.3 is 15.5 Å². The van der Waals surface area contributed by atoms with Gasteiger partial charge in [-0.15, -0.1) is 0 Å². The highest BCUT2D eigenvalue weighted by atomic mass is 16.2. The second-order valence-electron chi connectivity index (χ2n) is 9.00. The van der Waals surface area contributed by atoms with Crippen LogP contribution in [0.1, 0.15) is 57.3 Å². The Labute approximate surface area is 173 Å². The molecule has 1 aliphatic heterocycles. The zero-order valence-electron chi connectivity index (χ0n) is 17.9. The highest BCUT2D eigenvalue weighted by molar-refractivity contribution is 5.98. The van der Waals surface area contributed by atoms with Crippen LogP contribution in [0.25, 0.3) is 0 Å². The minimum absolute atomic E-state index is 0.0320. The highest BCUT2D eigenvalue weighted by Gasteiger charge is 2.39. The number of nitrogens with zero attached hydrogens (tertiary/aromatic N) is 1. The summed E-state index contributed by atoms with van der Waals surface area (Å²) in [6, 6.07) is 7.29. The number of carbonyl (C=O) groups excluding carboxylic acids is 3. The van der Waals surface area contributed by atoms with Gasteiger partial charge in [-0.1, -0.05) is 26.8 Å². The largest absolute Gasteiger partial charge is 0.353 e. The molecule has 1 heterocycles. The van der Waals surface area contributed by atoms with E-state index in [1.165, 1.54) is 0 Å². The third kappa shape index (κ3) is 5.37. The molecule has 0 spiro atoms. The van der Waals surface area contributed by atoms with Crippen LogP contribution in [0.2, 0.25) is 0 Å². The summed E-state index contributed by atoms with van der Waals surface area (Å²) in [5, 5.41) is 6.00. The van der Waals surface area contributed by atoms with Gasteiger partial charge in [-0.05, 0) is 56.2 Å². The lowest BCUT2D eigenvalue weighted by molar-refractivity contribution is -0.127. The number of amides is 3. The van der Waals surface area contributed by atoms with Gasteiger partial charge in [0.1, 0.15) is 0 Å². The van der Waals surface area contributed by atoms with Crippen molar-refractivity contribution in [1.29, 1.82) is 0 Å². The molecule has 6 heteroatoms.